The first-order chi connectivity index (χ1) is 7.96. The Kier molecular flexibility index (Phi) is 3.78. The molecule has 1 N–H and O–H groups in total. The molecule has 1 aliphatic heterocycles. The minimum Gasteiger partial charge on any atom is -0.302 e. The molecule has 5 heteroatoms. The van der Waals surface area contributed by atoms with E-state index in [1.54, 1.807) is 0 Å². The first kappa shape index (κ1) is 12.9. The number of carbonyl (C=O) groups is 1. The van der Waals surface area contributed by atoms with E-state index < -0.39 is 0 Å². The number of thiazole rings is 1. The second-order valence-corrected chi connectivity index (χ2v) is 7.72. The van der Waals surface area contributed by atoms with Gasteiger partial charge in [-0.1, -0.05) is 13.8 Å². The van der Waals surface area contributed by atoms with Gasteiger partial charge >= 0.3 is 0 Å². The molecule has 1 aromatic rings. The summed E-state index contributed by atoms with van der Waals surface area (Å²) in [5, 5.41) is 5.56. The highest BCUT2D eigenvalue weighted by atomic mass is 32.2. The van der Waals surface area contributed by atoms with E-state index in [0.29, 0.717) is 10.7 Å². The number of thioether (sulfide) groups is 1. The summed E-state index contributed by atoms with van der Waals surface area (Å²) < 4.78 is 0.348. The average Bonchev–Trinajstić information content (AvgIpc) is 2.63. The summed E-state index contributed by atoms with van der Waals surface area (Å²) >= 11 is 3.56. The Morgan fingerprint density at radius 3 is 3.00 bits per heavy atom. The molecule has 1 aromatic heterocycles. The number of aromatic nitrogens is 1. The Bertz CT molecular complexity index is 414. The largest absolute Gasteiger partial charge is 0.302 e. The van der Waals surface area contributed by atoms with Gasteiger partial charge in [-0.15, -0.1) is 11.3 Å². The zero-order valence-corrected chi connectivity index (χ0v) is 12.1. The number of carbonyl (C=O) groups excluding carboxylic acids is 1. The van der Waals surface area contributed by atoms with Crippen LogP contribution in [0.1, 0.15) is 45.2 Å². The van der Waals surface area contributed by atoms with Crippen LogP contribution in [0.3, 0.4) is 0 Å². The van der Waals surface area contributed by atoms with Crippen molar-refractivity contribution in [3.8, 4) is 0 Å². The zero-order valence-electron chi connectivity index (χ0n) is 10.4. The average molecular weight is 270 g/mol. The summed E-state index contributed by atoms with van der Waals surface area (Å²) in [7, 11) is 0. The van der Waals surface area contributed by atoms with Crippen molar-refractivity contribution < 1.29 is 4.79 Å². The molecular formula is C12H18N2OS2. The summed E-state index contributed by atoms with van der Waals surface area (Å²) in [6.07, 6.45) is 2.36. The second kappa shape index (κ2) is 4.98. The summed E-state index contributed by atoms with van der Waals surface area (Å²) in [5.74, 6) is 1.69. The van der Waals surface area contributed by atoms with E-state index in [1.807, 2.05) is 11.8 Å². The Balaban J connectivity index is 2.06. The molecular weight excluding hydrogens is 252 g/mol. The fourth-order valence-electron chi connectivity index (χ4n) is 2.17. The maximum absolute atomic E-state index is 11.0. The van der Waals surface area contributed by atoms with Crippen molar-refractivity contribution in [2.24, 2.45) is 0 Å². The number of anilines is 1. The third-order valence-electron chi connectivity index (χ3n) is 2.92. The van der Waals surface area contributed by atoms with Crippen LogP contribution in [0.15, 0.2) is 5.38 Å². The lowest BCUT2D eigenvalue weighted by Gasteiger charge is -2.33. The van der Waals surface area contributed by atoms with Crippen molar-refractivity contribution in [3.05, 3.63) is 11.1 Å². The molecule has 0 aliphatic carbocycles. The molecule has 1 amide bonds. The molecule has 2 rings (SSSR count). The van der Waals surface area contributed by atoms with E-state index in [9.17, 15) is 4.79 Å². The molecule has 0 radical (unpaired) electrons. The molecule has 2 heterocycles. The van der Waals surface area contributed by atoms with Gasteiger partial charge in [-0.05, 0) is 18.6 Å². The molecule has 0 spiro atoms. The lowest BCUT2D eigenvalue weighted by molar-refractivity contribution is -0.114. The summed E-state index contributed by atoms with van der Waals surface area (Å²) in [6, 6.07) is 0. The van der Waals surface area contributed by atoms with E-state index in [-0.39, 0.29) is 5.91 Å². The normalized spacial score (nSPS) is 23.4. The number of nitrogens with zero attached hydrogens (tertiary/aromatic N) is 1. The van der Waals surface area contributed by atoms with Gasteiger partial charge in [0, 0.05) is 23.0 Å². The smallest absolute Gasteiger partial charge is 0.223 e. The number of hydrogen-bond donors (Lipinski definition) is 1. The molecule has 94 valence electrons. The van der Waals surface area contributed by atoms with Crippen LogP contribution in [0.5, 0.6) is 0 Å². The summed E-state index contributed by atoms with van der Waals surface area (Å²) in [6.45, 7) is 6.11. The highest BCUT2D eigenvalue weighted by Crippen LogP contribution is 2.43. The molecule has 1 aliphatic rings. The first-order valence-electron chi connectivity index (χ1n) is 5.83. The molecule has 0 saturated carbocycles. The quantitative estimate of drug-likeness (QED) is 0.894. The van der Waals surface area contributed by atoms with Gasteiger partial charge in [-0.2, -0.15) is 11.8 Å². The number of nitrogens with one attached hydrogen (secondary N) is 1. The van der Waals surface area contributed by atoms with Gasteiger partial charge < -0.3 is 5.32 Å². The molecule has 0 bridgehead atoms. The van der Waals surface area contributed by atoms with Crippen molar-refractivity contribution in [3.63, 3.8) is 0 Å². The van der Waals surface area contributed by atoms with E-state index in [1.165, 1.54) is 36.9 Å². The molecule has 3 nitrogen and oxygen atoms in total. The highest BCUT2D eigenvalue weighted by molar-refractivity contribution is 8.00. The van der Waals surface area contributed by atoms with Gasteiger partial charge in [0.05, 0.1) is 5.69 Å². The molecule has 1 fully saturated rings. The van der Waals surface area contributed by atoms with Gasteiger partial charge in [0.1, 0.15) is 0 Å². The van der Waals surface area contributed by atoms with E-state index in [2.05, 4.69) is 29.5 Å². The van der Waals surface area contributed by atoms with Crippen molar-refractivity contribution in [1.82, 2.24) is 4.98 Å². The Morgan fingerprint density at radius 1 is 1.59 bits per heavy atom. The van der Waals surface area contributed by atoms with Crippen LogP contribution in [-0.4, -0.2) is 21.4 Å². The van der Waals surface area contributed by atoms with Crippen LogP contribution in [0.25, 0.3) is 0 Å². The molecule has 17 heavy (non-hydrogen) atoms. The predicted octanol–water partition coefficient (Wildman–Crippen LogP) is 3.49. The van der Waals surface area contributed by atoms with Gasteiger partial charge in [-0.25, -0.2) is 4.98 Å². The topological polar surface area (TPSA) is 42.0 Å². The molecule has 0 unspecified atom stereocenters. The molecule has 0 aromatic carbocycles. The maximum Gasteiger partial charge on any atom is 0.223 e. The van der Waals surface area contributed by atoms with Crippen LogP contribution in [0.2, 0.25) is 0 Å². The fraction of sp³-hybridized carbons (Fsp3) is 0.667. The lowest BCUT2D eigenvalue weighted by Crippen LogP contribution is -2.25. The van der Waals surface area contributed by atoms with Gasteiger partial charge in [0.25, 0.3) is 0 Å². The lowest BCUT2D eigenvalue weighted by atomic mass is 9.91. The van der Waals surface area contributed by atoms with E-state index >= 15 is 0 Å². The standard InChI is InChI=1S/C12H18N2OS2/c1-8(15)13-11-14-10(7-16-11)9-4-5-17-12(2,3)6-9/h7,9H,4-6H2,1-3H3,(H,13,14,15)/t9-/m0/s1. The Labute approximate surface area is 110 Å². The third kappa shape index (κ3) is 3.45. The van der Waals surface area contributed by atoms with Crippen LogP contribution < -0.4 is 5.32 Å². The monoisotopic (exact) mass is 270 g/mol. The minimum atomic E-state index is -0.0505. The molecule has 1 atom stereocenters. The van der Waals surface area contributed by atoms with Gasteiger partial charge in [0.15, 0.2) is 5.13 Å². The second-order valence-electron chi connectivity index (χ2n) is 5.06. The van der Waals surface area contributed by atoms with Gasteiger partial charge in [0.2, 0.25) is 5.91 Å². The van der Waals surface area contributed by atoms with Crippen LogP contribution in [0, 0.1) is 0 Å². The molecule has 1 saturated heterocycles. The number of amides is 1. The van der Waals surface area contributed by atoms with Crippen LogP contribution in [-0.2, 0) is 4.79 Å². The van der Waals surface area contributed by atoms with E-state index in [4.69, 9.17) is 0 Å². The Morgan fingerprint density at radius 2 is 2.35 bits per heavy atom. The van der Waals surface area contributed by atoms with Crippen molar-refractivity contribution >= 4 is 34.1 Å². The first-order valence-corrected chi connectivity index (χ1v) is 7.70. The van der Waals surface area contributed by atoms with Crippen LogP contribution in [0.4, 0.5) is 5.13 Å². The van der Waals surface area contributed by atoms with Crippen LogP contribution >= 0.6 is 23.1 Å². The predicted molar refractivity (Wildman–Crippen MR) is 74.9 cm³/mol. The highest BCUT2D eigenvalue weighted by Gasteiger charge is 2.30. The fourth-order valence-corrected chi connectivity index (χ4v) is 4.28. The van der Waals surface area contributed by atoms with Gasteiger partial charge in [-0.3, -0.25) is 4.79 Å². The maximum atomic E-state index is 11.0. The van der Waals surface area contributed by atoms with E-state index in [0.717, 1.165) is 10.8 Å². The summed E-state index contributed by atoms with van der Waals surface area (Å²) in [5.41, 5.74) is 1.15. The minimum absolute atomic E-state index is 0.0505. The zero-order chi connectivity index (χ0) is 12.5. The SMILES string of the molecule is CC(=O)Nc1nc([C@H]2CCSC(C)(C)C2)cs1. The van der Waals surface area contributed by atoms with Crippen molar-refractivity contribution in [1.29, 1.82) is 0 Å². The number of hydrogen-bond acceptors (Lipinski definition) is 4. The summed E-state index contributed by atoms with van der Waals surface area (Å²) in [4.78, 5) is 15.5. The number of rotatable bonds is 2. The Hall–Kier alpha value is -0.550. The van der Waals surface area contributed by atoms with Crippen molar-refractivity contribution in [2.45, 2.75) is 44.3 Å². The third-order valence-corrected chi connectivity index (χ3v) is 5.08. The van der Waals surface area contributed by atoms with Crippen molar-refractivity contribution in [2.75, 3.05) is 11.1 Å².